The molecule has 2 N–H and O–H groups in total. The van der Waals surface area contributed by atoms with Gasteiger partial charge in [0.1, 0.15) is 0 Å². The number of hydrogen-bond acceptors (Lipinski definition) is 3. The van der Waals surface area contributed by atoms with E-state index in [4.69, 9.17) is 12.6 Å². The maximum atomic E-state index is 8.25. The van der Waals surface area contributed by atoms with Gasteiger partial charge < -0.3 is 0 Å². The Kier molecular flexibility index (Phi) is 818. The van der Waals surface area contributed by atoms with E-state index >= 15 is 0 Å². The summed E-state index contributed by atoms with van der Waals surface area (Å²) in [6, 6.07) is 0. The van der Waals surface area contributed by atoms with Gasteiger partial charge >= 0.3 is 23.7 Å². The van der Waals surface area contributed by atoms with E-state index in [0.717, 1.165) is 20.4 Å². The van der Waals surface area contributed by atoms with Gasteiger partial charge in [-0.1, -0.05) is 0 Å². The van der Waals surface area contributed by atoms with Crippen molar-refractivity contribution in [2.24, 2.45) is 0 Å². The van der Waals surface area contributed by atoms with Crippen LogP contribution in [-0.2, 0) is 23.7 Å². The molecule has 0 aromatic heterocycles. The van der Waals surface area contributed by atoms with Crippen LogP contribution in [0.25, 0.3) is 0 Å². The van der Waals surface area contributed by atoms with Crippen LogP contribution in [0, 0.1) is 0 Å². The van der Waals surface area contributed by atoms with E-state index in [1.165, 1.54) is 0 Å². The van der Waals surface area contributed by atoms with Crippen molar-refractivity contribution in [3.05, 3.63) is 0 Å². The monoisotopic (exact) mass is 240 g/mol. The quantitative estimate of drug-likeness (QED) is 0.622. The summed E-state index contributed by atoms with van der Waals surface area (Å²) in [6.07, 6.45) is 0. The molecule has 0 rings (SSSR count). The second-order valence-electron chi connectivity index (χ2n) is 0. The zero-order valence-corrected chi connectivity index (χ0v) is 8.08. The summed E-state index contributed by atoms with van der Waals surface area (Å²) >= 11 is 8.03. The Labute approximate surface area is 81.2 Å². The van der Waals surface area contributed by atoms with Crippen LogP contribution in [0.1, 0.15) is 0 Å². The van der Waals surface area contributed by atoms with Gasteiger partial charge in [0.25, 0.3) is 0 Å². The van der Waals surface area contributed by atoms with E-state index in [2.05, 4.69) is 23.7 Å². The average Bonchev–Trinajstić information content (AvgIpc) is 1.81. The molecular weight excluding hydrogens is 238 g/mol. The van der Waals surface area contributed by atoms with Gasteiger partial charge in [0.15, 0.2) is 0 Å². The van der Waals surface area contributed by atoms with Crippen LogP contribution in [-0.4, -0.2) is 9.32 Å². The second-order valence-corrected chi connectivity index (χ2v) is 0. The minimum absolute atomic E-state index is 0. The van der Waals surface area contributed by atoms with Crippen molar-refractivity contribution in [2.75, 3.05) is 0 Å². The van der Waals surface area contributed by atoms with Crippen molar-refractivity contribution < 1.29 is 33.0 Å². The molecule has 3 nitrogen and oxygen atoms in total. The number of hydrogen-bond donors (Lipinski definition) is 2. The fraction of sp³-hybridized carbons (Fsp3) is 0. The minimum atomic E-state index is 0. The van der Waals surface area contributed by atoms with Crippen LogP contribution in [0.4, 0.5) is 0 Å². The summed E-state index contributed by atoms with van der Waals surface area (Å²) in [5, 5.41) is 0. The molecule has 0 amide bonds. The van der Waals surface area contributed by atoms with Gasteiger partial charge in [0, 0.05) is 0 Å². The first-order valence-electron chi connectivity index (χ1n) is 0.542. The van der Waals surface area contributed by atoms with Crippen LogP contribution >= 0.6 is 48.5 Å². The van der Waals surface area contributed by atoms with Gasteiger partial charge in [-0.3, -0.25) is 9.32 Å². The third-order valence-electron chi connectivity index (χ3n) is 0. The Balaban J connectivity index is -0.00000000500. The van der Waals surface area contributed by atoms with E-state index < -0.39 is 0 Å². The summed E-state index contributed by atoms with van der Waals surface area (Å²) < 4.78 is 21.2. The van der Waals surface area contributed by atoms with Crippen LogP contribution in [0.2, 0.25) is 0 Å². The van der Waals surface area contributed by atoms with Gasteiger partial charge in [-0.2, -0.15) is 0 Å². The first kappa shape index (κ1) is 33.6. The molecule has 0 bridgehead atoms. The first-order chi connectivity index (χ1) is 3.00. The van der Waals surface area contributed by atoms with E-state index in [-0.39, 0.29) is 24.8 Å². The molecule has 8 heavy (non-hydrogen) atoms. The number of halogens is 4. The van der Waals surface area contributed by atoms with Gasteiger partial charge in [0.2, 0.25) is 0 Å². The van der Waals surface area contributed by atoms with Crippen molar-refractivity contribution in [3.63, 3.8) is 0 Å². The van der Waals surface area contributed by atoms with Gasteiger partial charge in [-0.05, 0) is 0 Å². The summed E-state index contributed by atoms with van der Waals surface area (Å²) in [7, 11) is 0. The maximum absolute atomic E-state index is 8.25. The SMILES string of the molecule is Cl.Cl.OCl.OCl.[O]=[Ti]. The van der Waals surface area contributed by atoms with E-state index in [1.807, 2.05) is 0 Å². The molecular formula is H4Cl4O3Ti. The Morgan fingerprint density at radius 2 is 0.875 bits per heavy atom. The molecule has 0 aliphatic rings. The first-order valence-corrected chi connectivity index (χ1v) is 1.86. The molecule has 0 spiro atoms. The fourth-order valence-corrected chi connectivity index (χ4v) is 0. The number of rotatable bonds is 0. The molecule has 0 saturated carbocycles. The Hall–Kier alpha value is 1.59. The molecule has 0 radical (unpaired) electrons. The predicted octanol–water partition coefficient (Wildman–Crippen LogP) is 0.987. The van der Waals surface area contributed by atoms with Crippen LogP contribution < -0.4 is 0 Å². The van der Waals surface area contributed by atoms with Gasteiger partial charge in [0.05, 0.1) is 23.7 Å². The average molecular weight is 242 g/mol. The van der Waals surface area contributed by atoms with Crippen molar-refractivity contribution in [2.45, 2.75) is 0 Å². The van der Waals surface area contributed by atoms with E-state index in [1.54, 1.807) is 0 Å². The summed E-state index contributed by atoms with van der Waals surface area (Å²) in [5.41, 5.74) is 0. The van der Waals surface area contributed by atoms with E-state index in [9.17, 15) is 0 Å². The molecule has 0 aliphatic heterocycles. The zero-order chi connectivity index (χ0) is 6.00. The molecule has 54 valence electrons. The third-order valence-corrected chi connectivity index (χ3v) is 0. The van der Waals surface area contributed by atoms with Crippen LogP contribution in [0.5, 0.6) is 0 Å². The Morgan fingerprint density at radius 1 is 0.875 bits per heavy atom. The third kappa shape index (κ3) is 130. The Bertz CT molecular complexity index is 11.2. The summed E-state index contributed by atoms with van der Waals surface area (Å²) in [6.45, 7) is 0. The molecule has 0 aliphatic carbocycles. The molecule has 0 heterocycles. The van der Waals surface area contributed by atoms with Crippen molar-refractivity contribution in [3.8, 4) is 0 Å². The summed E-state index contributed by atoms with van der Waals surface area (Å²) in [4.78, 5) is 0. The standard InChI is InChI=1S/2ClHO.2ClH.O.Ti/c2*1-2;;;;/h2*2H;2*1H;;. The van der Waals surface area contributed by atoms with Crippen molar-refractivity contribution in [1.82, 2.24) is 0 Å². The molecule has 0 aromatic carbocycles. The fourth-order valence-electron chi connectivity index (χ4n) is 0. The second kappa shape index (κ2) is 195. The Morgan fingerprint density at radius 3 is 0.875 bits per heavy atom. The molecule has 0 unspecified atom stereocenters. The molecule has 0 saturated heterocycles. The van der Waals surface area contributed by atoms with Crippen LogP contribution in [0.15, 0.2) is 0 Å². The van der Waals surface area contributed by atoms with Gasteiger partial charge in [-0.15, -0.1) is 24.8 Å². The van der Waals surface area contributed by atoms with Crippen molar-refractivity contribution >= 4 is 48.5 Å². The predicted molar refractivity (Wildman–Crippen MR) is 31.3 cm³/mol. The van der Waals surface area contributed by atoms with Crippen molar-refractivity contribution in [1.29, 1.82) is 0 Å². The zero-order valence-electron chi connectivity index (χ0n) is 3.38. The summed E-state index contributed by atoms with van der Waals surface area (Å²) in [5.74, 6) is 0. The molecule has 0 aromatic rings. The van der Waals surface area contributed by atoms with Gasteiger partial charge in [-0.25, -0.2) is 0 Å². The van der Waals surface area contributed by atoms with Crippen LogP contribution in [0.3, 0.4) is 0 Å². The molecule has 0 atom stereocenters. The molecule has 8 heteroatoms. The normalized spacial score (nSPS) is 1.88. The topological polar surface area (TPSA) is 57.5 Å². The van der Waals surface area contributed by atoms with E-state index in [0.29, 0.717) is 0 Å². The molecule has 0 fully saturated rings.